The quantitative estimate of drug-likeness (QED) is 0.602. The number of rotatable bonds is 6. The Morgan fingerprint density at radius 1 is 1.30 bits per heavy atom. The van der Waals surface area contributed by atoms with Crippen LogP contribution in [0.1, 0.15) is 38.2 Å². The molecule has 3 aliphatic rings. The van der Waals surface area contributed by atoms with E-state index < -0.39 is 0 Å². The summed E-state index contributed by atoms with van der Waals surface area (Å²) in [4.78, 5) is 27.2. The lowest BCUT2D eigenvalue weighted by Crippen LogP contribution is -2.68. The molecular weight excluding hydrogens is 403 g/mol. The Kier molecular flexibility index (Phi) is 6.75. The fraction of sp³-hybridized carbons (Fsp3) is 0.545. The first-order valence-corrected chi connectivity index (χ1v) is 11.7. The number of carbonyl (C=O) groups is 2. The van der Waals surface area contributed by atoms with Gasteiger partial charge in [-0.3, -0.25) is 19.8 Å². The van der Waals surface area contributed by atoms with Crippen molar-refractivity contribution in [2.75, 3.05) is 19.6 Å². The molecule has 3 heterocycles. The molecule has 0 spiro atoms. The summed E-state index contributed by atoms with van der Waals surface area (Å²) < 4.78 is 14.4. The average molecular weight is 433 g/mol. The van der Waals surface area contributed by atoms with E-state index in [0.717, 1.165) is 50.9 Å². The predicted octanol–water partition coefficient (Wildman–Crippen LogP) is 2.28. The molecule has 0 bridgehead atoms. The smallest absolute Gasteiger partial charge is 0.237 e. The van der Waals surface area contributed by atoms with Crippen LogP contribution in [0.15, 0.2) is 29.7 Å². The zero-order valence-electron chi connectivity index (χ0n) is 17.2. The average Bonchev–Trinajstić information content (AvgIpc) is 3.19. The second-order valence-electron chi connectivity index (χ2n) is 8.12. The number of thioether (sulfide) groups is 1. The van der Waals surface area contributed by atoms with Gasteiger partial charge in [-0.2, -0.15) is 0 Å². The van der Waals surface area contributed by atoms with Crippen LogP contribution in [-0.2, 0) is 9.59 Å². The van der Waals surface area contributed by atoms with E-state index in [0.29, 0.717) is 5.56 Å². The summed E-state index contributed by atoms with van der Waals surface area (Å²) in [6, 6.07) is 6.46. The second-order valence-corrected chi connectivity index (χ2v) is 9.14. The Morgan fingerprint density at radius 3 is 2.80 bits per heavy atom. The summed E-state index contributed by atoms with van der Waals surface area (Å²) in [5, 5.41) is 11.2. The Labute approximate surface area is 181 Å². The van der Waals surface area contributed by atoms with E-state index in [1.165, 1.54) is 17.8 Å². The highest BCUT2D eigenvalue weighted by Crippen LogP contribution is 2.39. The van der Waals surface area contributed by atoms with Crippen molar-refractivity contribution in [3.05, 3.63) is 41.1 Å². The molecule has 2 saturated heterocycles. The number of halogens is 1. The summed E-state index contributed by atoms with van der Waals surface area (Å²) >= 11 is 1.43. The second kappa shape index (κ2) is 9.49. The van der Waals surface area contributed by atoms with Gasteiger partial charge < -0.3 is 10.6 Å². The topological polar surface area (TPSA) is 73.5 Å². The van der Waals surface area contributed by atoms with Crippen LogP contribution in [0.4, 0.5) is 4.39 Å². The third-order valence-electron chi connectivity index (χ3n) is 6.13. The molecule has 6 nitrogen and oxygen atoms in total. The van der Waals surface area contributed by atoms with Gasteiger partial charge in [0.05, 0.1) is 6.04 Å². The van der Waals surface area contributed by atoms with E-state index >= 15 is 0 Å². The molecule has 1 aromatic carbocycles. The lowest BCUT2D eigenvalue weighted by Gasteiger charge is -2.43. The standard InChI is InChI=1S/C22H29FN4O2S/c1-2-3-10-24-20(28)14-8-11-27(12-9-14)22-25-18-16(13-30-19(18)21(29)26-22)15-6-4-5-7-17(15)23/h4-7,13-14,18-19,22,25H,2-3,8-12H2,1H3,(H,24,28)(H,26,29). The molecule has 2 fully saturated rings. The molecule has 1 aromatic rings. The molecule has 8 heteroatoms. The molecule has 162 valence electrons. The van der Waals surface area contributed by atoms with Crippen molar-refractivity contribution < 1.29 is 14.0 Å². The number of unbranched alkanes of at least 4 members (excludes halogenated alkanes) is 1. The fourth-order valence-electron chi connectivity index (χ4n) is 4.36. The van der Waals surface area contributed by atoms with Crippen molar-refractivity contribution in [3.63, 3.8) is 0 Å². The number of amides is 2. The summed E-state index contributed by atoms with van der Waals surface area (Å²) in [5.74, 6) is -0.137. The van der Waals surface area contributed by atoms with E-state index in [1.54, 1.807) is 12.1 Å². The van der Waals surface area contributed by atoms with Crippen molar-refractivity contribution in [2.24, 2.45) is 5.92 Å². The molecule has 3 aliphatic heterocycles. The van der Waals surface area contributed by atoms with Crippen LogP contribution in [0.5, 0.6) is 0 Å². The van der Waals surface area contributed by atoms with Gasteiger partial charge in [-0.1, -0.05) is 31.5 Å². The fourth-order valence-corrected chi connectivity index (χ4v) is 5.50. The number of likely N-dealkylation sites (tertiary alicyclic amines) is 1. The SMILES string of the molecule is CCCCNC(=O)C1CCN(C2NC(=O)C3SC=C(c4ccccc4F)C3N2)CC1. The van der Waals surface area contributed by atoms with E-state index in [4.69, 9.17) is 0 Å². The van der Waals surface area contributed by atoms with Crippen LogP contribution in [0.3, 0.4) is 0 Å². The number of carbonyl (C=O) groups excluding carboxylic acids is 2. The van der Waals surface area contributed by atoms with Crippen molar-refractivity contribution in [3.8, 4) is 0 Å². The first-order valence-electron chi connectivity index (χ1n) is 10.8. The minimum atomic E-state index is -0.309. The van der Waals surface area contributed by atoms with Gasteiger partial charge >= 0.3 is 0 Å². The maximum absolute atomic E-state index is 14.4. The van der Waals surface area contributed by atoms with Gasteiger partial charge in [0.2, 0.25) is 11.8 Å². The molecule has 3 unspecified atom stereocenters. The van der Waals surface area contributed by atoms with Crippen LogP contribution >= 0.6 is 11.8 Å². The van der Waals surface area contributed by atoms with Crippen molar-refractivity contribution in [1.29, 1.82) is 0 Å². The van der Waals surface area contributed by atoms with Gasteiger partial charge in [-0.05, 0) is 36.3 Å². The summed E-state index contributed by atoms with van der Waals surface area (Å²) in [5.41, 5.74) is 1.37. The van der Waals surface area contributed by atoms with Gasteiger partial charge in [-0.25, -0.2) is 4.39 Å². The lowest BCUT2D eigenvalue weighted by atomic mass is 9.94. The van der Waals surface area contributed by atoms with Gasteiger partial charge in [0, 0.05) is 31.1 Å². The number of piperidine rings is 1. The monoisotopic (exact) mass is 432 g/mol. The predicted molar refractivity (Wildman–Crippen MR) is 117 cm³/mol. The molecule has 3 atom stereocenters. The summed E-state index contributed by atoms with van der Waals surface area (Å²) in [7, 11) is 0. The van der Waals surface area contributed by atoms with Crippen LogP contribution in [0.25, 0.3) is 5.57 Å². The Bertz CT molecular complexity index is 825. The molecule has 0 aliphatic carbocycles. The van der Waals surface area contributed by atoms with Crippen LogP contribution in [-0.4, -0.2) is 53.9 Å². The number of nitrogens with zero attached hydrogens (tertiary/aromatic N) is 1. The lowest BCUT2D eigenvalue weighted by molar-refractivity contribution is -0.129. The largest absolute Gasteiger partial charge is 0.356 e. The number of hydrogen-bond donors (Lipinski definition) is 3. The number of benzene rings is 1. The maximum Gasteiger partial charge on any atom is 0.237 e. The van der Waals surface area contributed by atoms with Crippen molar-refractivity contribution in [1.82, 2.24) is 20.9 Å². The van der Waals surface area contributed by atoms with E-state index in [-0.39, 0.29) is 41.1 Å². The molecule has 0 radical (unpaired) electrons. The van der Waals surface area contributed by atoms with E-state index in [2.05, 4.69) is 27.8 Å². The van der Waals surface area contributed by atoms with E-state index in [9.17, 15) is 14.0 Å². The Hall–Kier alpha value is -1.90. The zero-order valence-corrected chi connectivity index (χ0v) is 18.0. The minimum absolute atomic E-state index is 0.0288. The molecule has 3 N–H and O–H groups in total. The highest BCUT2D eigenvalue weighted by atomic mass is 32.2. The highest BCUT2D eigenvalue weighted by Gasteiger charge is 2.44. The third kappa shape index (κ3) is 4.40. The molecule has 0 saturated carbocycles. The zero-order chi connectivity index (χ0) is 21.1. The summed E-state index contributed by atoms with van der Waals surface area (Å²) in [6.07, 6.45) is 3.29. The van der Waals surface area contributed by atoms with Gasteiger partial charge in [0.15, 0.2) is 0 Å². The van der Waals surface area contributed by atoms with Gasteiger partial charge in [0.25, 0.3) is 0 Å². The Morgan fingerprint density at radius 2 is 2.07 bits per heavy atom. The molecule has 2 amide bonds. The van der Waals surface area contributed by atoms with E-state index in [1.807, 2.05) is 11.5 Å². The summed E-state index contributed by atoms with van der Waals surface area (Å²) in [6.45, 7) is 4.30. The van der Waals surface area contributed by atoms with Crippen LogP contribution in [0.2, 0.25) is 0 Å². The Balaban J connectivity index is 1.38. The molecule has 0 aromatic heterocycles. The van der Waals surface area contributed by atoms with Gasteiger partial charge in [-0.15, -0.1) is 11.8 Å². The molecule has 4 rings (SSSR count). The number of hydrogen-bond acceptors (Lipinski definition) is 5. The normalized spacial score (nSPS) is 27.3. The van der Waals surface area contributed by atoms with Crippen molar-refractivity contribution >= 4 is 29.1 Å². The van der Waals surface area contributed by atoms with Crippen molar-refractivity contribution in [2.45, 2.75) is 50.2 Å². The van der Waals surface area contributed by atoms with Crippen LogP contribution in [0, 0.1) is 11.7 Å². The third-order valence-corrected chi connectivity index (χ3v) is 7.30. The molecular formula is C22H29FN4O2S. The molecule has 30 heavy (non-hydrogen) atoms. The number of fused-ring (bicyclic) bond motifs is 1. The highest BCUT2D eigenvalue weighted by molar-refractivity contribution is 8.04. The van der Waals surface area contributed by atoms with Crippen LogP contribution < -0.4 is 16.0 Å². The van der Waals surface area contributed by atoms with Gasteiger partial charge in [0.1, 0.15) is 17.4 Å². The maximum atomic E-state index is 14.4. The first kappa shape index (κ1) is 21.3. The number of nitrogens with one attached hydrogen (secondary N) is 3. The first-order chi connectivity index (χ1) is 14.6. The minimum Gasteiger partial charge on any atom is -0.356 e.